The van der Waals surface area contributed by atoms with Crippen LogP contribution in [0.3, 0.4) is 0 Å². The molecule has 0 radical (unpaired) electrons. The highest BCUT2D eigenvalue weighted by atomic mass is 16.6. The van der Waals surface area contributed by atoms with Crippen molar-refractivity contribution in [2.45, 2.75) is 26.6 Å². The van der Waals surface area contributed by atoms with Crippen molar-refractivity contribution in [1.29, 1.82) is 0 Å². The van der Waals surface area contributed by atoms with E-state index in [9.17, 15) is 24.6 Å². The molecule has 0 saturated heterocycles. The van der Waals surface area contributed by atoms with Gasteiger partial charge in [0.2, 0.25) is 0 Å². The molecular formula is C33H38O12. The lowest BCUT2D eigenvalue weighted by molar-refractivity contribution is -0.0383. The largest absolute Gasteiger partial charge is 0.497 e. The first-order chi connectivity index (χ1) is 21.7. The van der Waals surface area contributed by atoms with Crippen LogP contribution in [0.1, 0.15) is 55.5 Å². The summed E-state index contributed by atoms with van der Waals surface area (Å²) >= 11 is 0. The van der Waals surface area contributed by atoms with Gasteiger partial charge >= 0.3 is 17.9 Å². The molecule has 3 aromatic carbocycles. The second-order valence-electron chi connectivity index (χ2n) is 10.0. The van der Waals surface area contributed by atoms with Gasteiger partial charge in [-0.05, 0) is 60.0 Å². The number of hydrogen-bond donors (Lipinski definition) is 2. The van der Waals surface area contributed by atoms with Gasteiger partial charge in [-0.1, -0.05) is 13.0 Å². The summed E-state index contributed by atoms with van der Waals surface area (Å²) in [6.45, 7) is 0.187. The van der Waals surface area contributed by atoms with Gasteiger partial charge in [0.25, 0.3) is 0 Å². The first kappa shape index (κ1) is 34.7. The predicted molar refractivity (Wildman–Crippen MR) is 161 cm³/mol. The molecule has 12 heteroatoms. The molecule has 3 rings (SSSR count). The second kappa shape index (κ2) is 16.3. The summed E-state index contributed by atoms with van der Waals surface area (Å²) in [6.07, 6.45) is 0.261. The Morgan fingerprint density at radius 2 is 1.07 bits per heavy atom. The van der Waals surface area contributed by atoms with Gasteiger partial charge in [0, 0.05) is 6.07 Å². The normalized spacial score (nSPS) is 12.0. The van der Waals surface area contributed by atoms with Gasteiger partial charge < -0.3 is 43.4 Å². The molecule has 1 atom stereocenters. The average molecular weight is 627 g/mol. The highest BCUT2D eigenvalue weighted by molar-refractivity contribution is 5.93. The zero-order valence-corrected chi connectivity index (χ0v) is 25.9. The second-order valence-corrected chi connectivity index (χ2v) is 10.0. The molecule has 2 N–H and O–H groups in total. The van der Waals surface area contributed by atoms with Crippen LogP contribution in [-0.2, 0) is 27.4 Å². The van der Waals surface area contributed by atoms with Crippen LogP contribution in [0.2, 0.25) is 0 Å². The Hall–Kier alpha value is -4.81. The molecule has 0 bridgehead atoms. The van der Waals surface area contributed by atoms with Crippen LogP contribution in [0.15, 0.2) is 54.6 Å². The van der Waals surface area contributed by atoms with Crippen LogP contribution in [0, 0.1) is 5.41 Å². The zero-order valence-electron chi connectivity index (χ0n) is 25.9. The minimum atomic E-state index is -1.18. The molecule has 0 amide bonds. The summed E-state index contributed by atoms with van der Waals surface area (Å²) in [5.74, 6) is -0.828. The van der Waals surface area contributed by atoms with Crippen molar-refractivity contribution < 1.29 is 57.8 Å². The van der Waals surface area contributed by atoms with Crippen molar-refractivity contribution in [3.05, 3.63) is 82.4 Å². The number of hydrogen-bond acceptors (Lipinski definition) is 12. The molecule has 0 heterocycles. The van der Waals surface area contributed by atoms with E-state index in [0.717, 1.165) is 0 Å². The van der Waals surface area contributed by atoms with E-state index in [-0.39, 0.29) is 61.0 Å². The van der Waals surface area contributed by atoms with Gasteiger partial charge in [-0.2, -0.15) is 0 Å². The fourth-order valence-corrected chi connectivity index (χ4v) is 4.32. The Morgan fingerprint density at radius 1 is 0.600 bits per heavy atom. The third-order valence-corrected chi connectivity index (χ3v) is 7.28. The minimum Gasteiger partial charge on any atom is -0.497 e. The molecule has 45 heavy (non-hydrogen) atoms. The number of carbonyl (C=O) groups is 3. The minimum absolute atomic E-state index is 0.113. The quantitative estimate of drug-likeness (QED) is 0.174. The Balaban J connectivity index is 1.87. The number of rotatable bonds is 16. The maximum Gasteiger partial charge on any atom is 0.341 e. The van der Waals surface area contributed by atoms with E-state index in [1.165, 1.54) is 64.8 Å². The van der Waals surface area contributed by atoms with E-state index in [2.05, 4.69) is 0 Å². The third kappa shape index (κ3) is 8.64. The van der Waals surface area contributed by atoms with Crippen molar-refractivity contribution >= 4 is 17.9 Å². The molecule has 0 aliphatic heterocycles. The van der Waals surface area contributed by atoms with Crippen LogP contribution in [0.25, 0.3) is 0 Å². The summed E-state index contributed by atoms with van der Waals surface area (Å²) in [5.41, 5.74) is 0.0302. The fraction of sp³-hybridized carbons (Fsp3) is 0.364. The molecule has 12 nitrogen and oxygen atoms in total. The average Bonchev–Trinajstić information content (AvgIpc) is 3.09. The molecule has 3 aromatic rings. The lowest BCUT2D eigenvalue weighted by Crippen LogP contribution is -2.39. The van der Waals surface area contributed by atoms with E-state index in [4.69, 9.17) is 33.2 Å². The van der Waals surface area contributed by atoms with Gasteiger partial charge in [0.15, 0.2) is 0 Å². The van der Waals surface area contributed by atoms with Crippen LogP contribution >= 0.6 is 0 Å². The van der Waals surface area contributed by atoms with E-state index < -0.39 is 29.9 Å². The standard InChI is InChI=1S/C33H38O12/c1-6-33(18-43-30(36)25-11-8-23(39-2)14-22(25)17-35,19-44-31(37)26-10-7-21(16-34)13-28(26)41-4)20-45-32(38)27-12-9-24(40-3)15-29(27)42-5/h7-15,34-35H,6,16-20H2,1-5H3. The van der Waals surface area contributed by atoms with Gasteiger partial charge in [0.05, 0.1) is 52.6 Å². The monoisotopic (exact) mass is 626 g/mol. The van der Waals surface area contributed by atoms with Crippen molar-refractivity contribution in [1.82, 2.24) is 0 Å². The summed E-state index contributed by atoms with van der Waals surface area (Å²) in [5, 5.41) is 19.2. The smallest absolute Gasteiger partial charge is 0.341 e. The lowest BCUT2D eigenvalue weighted by Gasteiger charge is -2.31. The number of aliphatic hydroxyl groups is 2. The van der Waals surface area contributed by atoms with Crippen molar-refractivity contribution in [3.63, 3.8) is 0 Å². The number of carbonyl (C=O) groups excluding carboxylic acids is 3. The summed E-state index contributed by atoms with van der Waals surface area (Å²) in [4.78, 5) is 39.4. The highest BCUT2D eigenvalue weighted by Crippen LogP contribution is 2.30. The summed E-state index contributed by atoms with van der Waals surface area (Å²) in [6, 6.07) is 13.7. The van der Waals surface area contributed by atoms with Crippen LogP contribution in [0.5, 0.6) is 23.0 Å². The van der Waals surface area contributed by atoms with E-state index in [1.54, 1.807) is 25.1 Å². The molecule has 1 unspecified atom stereocenters. The maximum atomic E-state index is 13.2. The topological polar surface area (TPSA) is 156 Å². The van der Waals surface area contributed by atoms with Gasteiger partial charge in [-0.25, -0.2) is 14.4 Å². The SMILES string of the molecule is CCC(COC(=O)c1ccc(OC)cc1CO)(COC(=O)c1ccc(CO)cc1OC)COC(=O)c1ccc(OC)cc1OC. The number of methoxy groups -OCH3 is 4. The molecule has 0 aliphatic rings. The summed E-state index contributed by atoms with van der Waals surface area (Å²) in [7, 11) is 5.74. The zero-order chi connectivity index (χ0) is 33.0. The van der Waals surface area contributed by atoms with Crippen molar-refractivity contribution in [2.24, 2.45) is 5.41 Å². The maximum absolute atomic E-state index is 13.2. The van der Waals surface area contributed by atoms with E-state index >= 15 is 0 Å². The molecule has 0 spiro atoms. The first-order valence-electron chi connectivity index (χ1n) is 14.0. The summed E-state index contributed by atoms with van der Waals surface area (Å²) < 4.78 is 38.0. The number of esters is 3. The Labute approximate surface area is 261 Å². The van der Waals surface area contributed by atoms with E-state index in [1.807, 2.05) is 0 Å². The molecule has 0 aliphatic carbocycles. The lowest BCUT2D eigenvalue weighted by atomic mass is 9.87. The molecule has 0 saturated carbocycles. The molecule has 242 valence electrons. The number of aliphatic hydroxyl groups excluding tert-OH is 2. The van der Waals surface area contributed by atoms with Crippen LogP contribution < -0.4 is 18.9 Å². The fourth-order valence-electron chi connectivity index (χ4n) is 4.32. The number of ether oxygens (including phenoxy) is 7. The molecule has 0 aromatic heterocycles. The Kier molecular flexibility index (Phi) is 12.6. The van der Waals surface area contributed by atoms with Crippen molar-refractivity contribution in [2.75, 3.05) is 48.3 Å². The van der Waals surface area contributed by atoms with Gasteiger partial charge in [-0.3, -0.25) is 0 Å². The predicted octanol–water partition coefficient (Wildman–Crippen LogP) is 3.97. The molecule has 0 fully saturated rings. The van der Waals surface area contributed by atoms with E-state index in [0.29, 0.717) is 22.6 Å². The third-order valence-electron chi connectivity index (χ3n) is 7.28. The highest BCUT2D eigenvalue weighted by Gasteiger charge is 2.35. The number of benzene rings is 3. The van der Waals surface area contributed by atoms with Crippen molar-refractivity contribution in [3.8, 4) is 23.0 Å². The Bertz CT molecular complexity index is 1310. The van der Waals surface area contributed by atoms with Gasteiger partial charge in [-0.15, -0.1) is 0 Å². The first-order valence-corrected chi connectivity index (χ1v) is 14.0. The van der Waals surface area contributed by atoms with Crippen LogP contribution in [0.4, 0.5) is 0 Å². The van der Waals surface area contributed by atoms with Crippen LogP contribution in [-0.4, -0.2) is 76.4 Å². The molecular weight excluding hydrogens is 588 g/mol. The van der Waals surface area contributed by atoms with Gasteiger partial charge in [0.1, 0.15) is 53.9 Å². The Morgan fingerprint density at radius 3 is 1.53 bits per heavy atom.